The number of hydrogen-bond acceptors (Lipinski definition) is 4. The van der Waals surface area contributed by atoms with E-state index in [-0.39, 0.29) is 5.91 Å². The van der Waals surface area contributed by atoms with E-state index in [1.54, 1.807) is 11.3 Å². The Morgan fingerprint density at radius 1 is 1.63 bits per heavy atom. The van der Waals surface area contributed by atoms with E-state index in [0.717, 1.165) is 18.0 Å². The fourth-order valence-corrected chi connectivity index (χ4v) is 3.09. The third-order valence-corrected chi connectivity index (χ3v) is 4.62. The Morgan fingerprint density at radius 2 is 2.53 bits per heavy atom. The van der Waals surface area contributed by atoms with Gasteiger partial charge in [-0.15, -0.1) is 11.3 Å². The van der Waals surface area contributed by atoms with Gasteiger partial charge in [-0.1, -0.05) is 13.3 Å². The van der Waals surface area contributed by atoms with Crippen molar-refractivity contribution in [1.29, 1.82) is 0 Å². The largest absolute Gasteiger partial charge is 0.355 e. The van der Waals surface area contributed by atoms with Crippen LogP contribution in [-0.4, -0.2) is 30.0 Å². The lowest BCUT2D eigenvalue weighted by atomic mass is 10.0. The van der Waals surface area contributed by atoms with Crippen molar-refractivity contribution in [2.75, 3.05) is 13.1 Å². The third kappa shape index (κ3) is 4.91. The average molecular weight is 281 g/mol. The van der Waals surface area contributed by atoms with Crippen LogP contribution in [0.3, 0.4) is 0 Å². The quantitative estimate of drug-likeness (QED) is 0.841. The number of thiazole rings is 1. The second kappa shape index (κ2) is 7.60. The molecule has 2 atom stereocenters. The van der Waals surface area contributed by atoms with Crippen LogP contribution in [0.25, 0.3) is 0 Å². The van der Waals surface area contributed by atoms with Gasteiger partial charge in [-0.2, -0.15) is 0 Å². The molecule has 1 fully saturated rings. The van der Waals surface area contributed by atoms with E-state index >= 15 is 0 Å². The van der Waals surface area contributed by atoms with Crippen molar-refractivity contribution in [3.8, 4) is 0 Å². The molecule has 1 aromatic rings. The summed E-state index contributed by atoms with van der Waals surface area (Å²) in [5, 5.41) is 9.55. The van der Waals surface area contributed by atoms with E-state index in [1.165, 1.54) is 19.3 Å². The van der Waals surface area contributed by atoms with Gasteiger partial charge >= 0.3 is 0 Å². The van der Waals surface area contributed by atoms with E-state index in [4.69, 9.17) is 0 Å². The molecule has 0 radical (unpaired) electrons. The van der Waals surface area contributed by atoms with E-state index in [1.807, 2.05) is 11.6 Å². The molecule has 4 nitrogen and oxygen atoms in total. The molecule has 1 aliphatic heterocycles. The van der Waals surface area contributed by atoms with Crippen molar-refractivity contribution in [1.82, 2.24) is 15.6 Å². The van der Waals surface area contributed by atoms with Crippen molar-refractivity contribution >= 4 is 17.2 Å². The smallest absolute Gasteiger partial charge is 0.220 e. The Morgan fingerprint density at radius 3 is 3.21 bits per heavy atom. The Bertz CT molecular complexity index is 374. The van der Waals surface area contributed by atoms with Crippen molar-refractivity contribution in [3.63, 3.8) is 0 Å². The predicted molar refractivity (Wildman–Crippen MR) is 78.4 cm³/mol. The zero-order valence-electron chi connectivity index (χ0n) is 11.5. The molecule has 1 aromatic heterocycles. The van der Waals surface area contributed by atoms with Gasteiger partial charge in [0.05, 0.1) is 5.01 Å². The number of rotatable bonds is 6. The number of amides is 1. The normalized spacial score (nSPS) is 21.0. The lowest BCUT2D eigenvalue weighted by Crippen LogP contribution is -2.35. The second-order valence-corrected chi connectivity index (χ2v) is 6.19. The van der Waals surface area contributed by atoms with Gasteiger partial charge in [0.2, 0.25) is 5.91 Å². The maximum atomic E-state index is 11.8. The number of carbonyl (C=O) groups is 1. The minimum Gasteiger partial charge on any atom is -0.355 e. The first kappa shape index (κ1) is 14.5. The van der Waals surface area contributed by atoms with Crippen LogP contribution in [-0.2, 0) is 4.79 Å². The van der Waals surface area contributed by atoms with Crippen molar-refractivity contribution in [3.05, 3.63) is 16.6 Å². The minimum absolute atomic E-state index is 0.163. The van der Waals surface area contributed by atoms with Crippen LogP contribution in [0.2, 0.25) is 0 Å². The average Bonchev–Trinajstić information content (AvgIpc) is 2.98. The summed E-state index contributed by atoms with van der Waals surface area (Å²) in [5.41, 5.74) is 0. The minimum atomic E-state index is 0.163. The molecule has 2 rings (SSSR count). The molecule has 0 spiro atoms. The highest BCUT2D eigenvalue weighted by Crippen LogP contribution is 2.16. The molecule has 5 heteroatoms. The molecule has 2 N–H and O–H groups in total. The summed E-state index contributed by atoms with van der Waals surface area (Å²) in [6.45, 7) is 3.89. The molecule has 2 unspecified atom stereocenters. The molecular weight excluding hydrogens is 258 g/mol. The molecule has 106 valence electrons. The van der Waals surface area contributed by atoms with Crippen LogP contribution in [0.1, 0.15) is 50.0 Å². The monoisotopic (exact) mass is 281 g/mol. The molecule has 0 bridgehead atoms. The zero-order valence-corrected chi connectivity index (χ0v) is 12.3. The van der Waals surface area contributed by atoms with Crippen LogP contribution in [0, 0.1) is 0 Å². The third-order valence-electron chi connectivity index (χ3n) is 3.61. The maximum absolute atomic E-state index is 11.8. The second-order valence-electron chi connectivity index (χ2n) is 5.26. The molecule has 0 aromatic carbocycles. The van der Waals surface area contributed by atoms with Gasteiger partial charge in [0.25, 0.3) is 0 Å². The number of piperidine rings is 1. The number of aromatic nitrogens is 1. The molecule has 1 aliphatic rings. The van der Waals surface area contributed by atoms with Gasteiger partial charge in [0, 0.05) is 36.5 Å². The summed E-state index contributed by atoms with van der Waals surface area (Å²) in [5.74, 6) is 0.465. The lowest BCUT2D eigenvalue weighted by molar-refractivity contribution is -0.121. The van der Waals surface area contributed by atoms with Crippen LogP contribution in [0.4, 0.5) is 0 Å². The summed E-state index contributed by atoms with van der Waals surface area (Å²) >= 11 is 1.65. The zero-order chi connectivity index (χ0) is 13.5. The standard InChI is InChI=1S/C14H23N3OS/c1-11(14-16-8-9-19-14)10-17-13(18)6-5-12-4-2-3-7-15-12/h8-9,11-12,15H,2-7,10H2,1H3,(H,17,18). The van der Waals surface area contributed by atoms with Gasteiger partial charge in [-0.05, 0) is 25.8 Å². The van der Waals surface area contributed by atoms with Gasteiger partial charge < -0.3 is 10.6 Å². The highest BCUT2D eigenvalue weighted by atomic mass is 32.1. The molecule has 1 amide bonds. The summed E-state index contributed by atoms with van der Waals surface area (Å²) in [6, 6.07) is 0.538. The van der Waals surface area contributed by atoms with Gasteiger partial charge in [-0.3, -0.25) is 4.79 Å². The highest BCUT2D eigenvalue weighted by Gasteiger charge is 2.15. The van der Waals surface area contributed by atoms with Gasteiger partial charge in [0.1, 0.15) is 0 Å². The summed E-state index contributed by atoms with van der Waals surface area (Å²) in [6.07, 6.45) is 7.17. The van der Waals surface area contributed by atoms with Crippen LogP contribution < -0.4 is 10.6 Å². The number of nitrogens with one attached hydrogen (secondary N) is 2. The first-order valence-corrected chi connectivity index (χ1v) is 8.03. The topological polar surface area (TPSA) is 54.0 Å². The van der Waals surface area contributed by atoms with Crippen molar-refractivity contribution < 1.29 is 4.79 Å². The molecule has 0 aliphatic carbocycles. The molecule has 19 heavy (non-hydrogen) atoms. The lowest BCUT2D eigenvalue weighted by Gasteiger charge is -2.23. The van der Waals surface area contributed by atoms with E-state index in [0.29, 0.717) is 24.9 Å². The fourth-order valence-electron chi connectivity index (χ4n) is 2.40. The Kier molecular flexibility index (Phi) is 5.79. The highest BCUT2D eigenvalue weighted by molar-refractivity contribution is 7.09. The van der Waals surface area contributed by atoms with E-state index < -0.39 is 0 Å². The first-order chi connectivity index (χ1) is 9.25. The predicted octanol–water partition coefficient (Wildman–Crippen LogP) is 2.29. The van der Waals surface area contributed by atoms with E-state index in [9.17, 15) is 4.79 Å². The number of carbonyl (C=O) groups excluding carboxylic acids is 1. The molecular formula is C14H23N3OS. The van der Waals surface area contributed by atoms with Crippen LogP contribution in [0.5, 0.6) is 0 Å². The first-order valence-electron chi connectivity index (χ1n) is 7.15. The summed E-state index contributed by atoms with van der Waals surface area (Å²) in [7, 11) is 0. The van der Waals surface area contributed by atoms with Crippen molar-refractivity contribution in [2.24, 2.45) is 0 Å². The summed E-state index contributed by atoms with van der Waals surface area (Å²) in [4.78, 5) is 16.1. The maximum Gasteiger partial charge on any atom is 0.220 e. The number of nitrogens with zero attached hydrogens (tertiary/aromatic N) is 1. The SMILES string of the molecule is CC(CNC(=O)CCC1CCCCN1)c1nccs1. The number of hydrogen-bond donors (Lipinski definition) is 2. The Labute approximate surface area is 119 Å². The van der Waals surface area contributed by atoms with Crippen LogP contribution >= 0.6 is 11.3 Å². The molecule has 0 saturated carbocycles. The van der Waals surface area contributed by atoms with Crippen molar-refractivity contribution in [2.45, 2.75) is 51.0 Å². The van der Waals surface area contributed by atoms with Gasteiger partial charge in [0.15, 0.2) is 0 Å². The fraction of sp³-hybridized carbons (Fsp3) is 0.714. The van der Waals surface area contributed by atoms with Gasteiger partial charge in [-0.25, -0.2) is 4.98 Å². The van der Waals surface area contributed by atoms with E-state index in [2.05, 4.69) is 22.5 Å². The summed E-state index contributed by atoms with van der Waals surface area (Å²) < 4.78 is 0. The Balaban J connectivity index is 1.61. The molecule has 1 saturated heterocycles. The molecule has 2 heterocycles. The Hall–Kier alpha value is -0.940. The van der Waals surface area contributed by atoms with Crippen LogP contribution in [0.15, 0.2) is 11.6 Å².